The highest BCUT2D eigenvalue weighted by Gasteiger charge is 2.53. The van der Waals surface area contributed by atoms with Crippen molar-refractivity contribution in [1.29, 1.82) is 0 Å². The van der Waals surface area contributed by atoms with Crippen molar-refractivity contribution in [2.75, 3.05) is 26.4 Å². The zero-order chi connectivity index (χ0) is 24.7. The average molecular weight is 504 g/mol. The first-order chi connectivity index (χ1) is 15.1. The Kier molecular flexibility index (Phi) is 7.83. The SMILES string of the molecule is CC(CCOCC1COc2csc(B3OC(C)(C)C(C)(C)O3)c2O1)S(=O)(=O)OCC(C)(C)C. The highest BCUT2D eigenvalue weighted by molar-refractivity contribution is 7.87. The predicted molar refractivity (Wildman–Crippen MR) is 129 cm³/mol. The van der Waals surface area contributed by atoms with Crippen molar-refractivity contribution in [1.82, 2.24) is 0 Å². The van der Waals surface area contributed by atoms with Gasteiger partial charge in [0.15, 0.2) is 17.6 Å². The van der Waals surface area contributed by atoms with Gasteiger partial charge in [-0.1, -0.05) is 20.8 Å². The Morgan fingerprint density at radius 1 is 1.21 bits per heavy atom. The molecule has 0 amide bonds. The van der Waals surface area contributed by atoms with E-state index in [4.69, 9.17) is 27.7 Å². The largest absolute Gasteiger partial charge is 0.509 e. The molecular weight excluding hydrogens is 467 g/mol. The van der Waals surface area contributed by atoms with Crippen LogP contribution in [0.25, 0.3) is 0 Å². The Hall–Kier alpha value is -0.845. The van der Waals surface area contributed by atoms with E-state index in [9.17, 15) is 8.42 Å². The number of thiophene rings is 1. The lowest BCUT2D eigenvalue weighted by molar-refractivity contribution is 0.00578. The van der Waals surface area contributed by atoms with Gasteiger partial charge in [0.1, 0.15) is 6.61 Å². The van der Waals surface area contributed by atoms with Gasteiger partial charge >= 0.3 is 7.12 Å². The predicted octanol–water partition coefficient (Wildman–Crippen LogP) is 3.37. The van der Waals surface area contributed by atoms with Crippen molar-refractivity contribution in [2.24, 2.45) is 5.41 Å². The second-order valence-electron chi connectivity index (χ2n) is 10.9. The molecule has 2 atom stereocenters. The molecule has 0 aliphatic carbocycles. The summed E-state index contributed by atoms with van der Waals surface area (Å²) in [6.45, 7) is 16.5. The minimum Gasteiger partial charge on any atom is -0.485 e. The standard InChI is InChI=1S/C22H37BO8S2/c1-15(33(24,25)28-14-20(2,3)4)9-10-26-11-16-12-27-17-13-32-19(18(17)29-16)23-30-21(5,6)22(7,8)31-23/h13,15-16H,9-12,14H2,1-8H3. The molecule has 0 N–H and O–H groups in total. The smallest absolute Gasteiger partial charge is 0.485 e. The molecule has 33 heavy (non-hydrogen) atoms. The van der Waals surface area contributed by atoms with Crippen LogP contribution in [0.5, 0.6) is 11.5 Å². The van der Waals surface area contributed by atoms with E-state index in [1.54, 1.807) is 6.92 Å². The fraction of sp³-hybridized carbons (Fsp3) is 0.818. The molecule has 1 aromatic heterocycles. The van der Waals surface area contributed by atoms with Crippen LogP contribution in [0.15, 0.2) is 5.38 Å². The summed E-state index contributed by atoms with van der Waals surface area (Å²) >= 11 is 1.49. The summed E-state index contributed by atoms with van der Waals surface area (Å²) in [6.07, 6.45) is 0.0282. The molecule has 1 saturated heterocycles. The molecule has 0 saturated carbocycles. The molecule has 0 spiro atoms. The van der Waals surface area contributed by atoms with Crippen molar-refractivity contribution in [3.8, 4) is 11.5 Å². The van der Waals surface area contributed by atoms with Crippen molar-refractivity contribution in [3.05, 3.63) is 5.38 Å². The van der Waals surface area contributed by atoms with E-state index in [0.29, 0.717) is 24.5 Å². The van der Waals surface area contributed by atoms with E-state index in [0.717, 1.165) is 4.78 Å². The molecular formula is C22H37BO8S2. The molecule has 2 aliphatic heterocycles. The van der Waals surface area contributed by atoms with Gasteiger partial charge in [-0.2, -0.15) is 8.42 Å². The molecule has 0 aromatic carbocycles. The van der Waals surface area contributed by atoms with Gasteiger partial charge in [-0.05, 0) is 46.5 Å². The second kappa shape index (κ2) is 9.66. The first-order valence-corrected chi connectivity index (χ1v) is 13.7. The fourth-order valence-electron chi connectivity index (χ4n) is 3.12. The van der Waals surface area contributed by atoms with Gasteiger partial charge in [0.05, 0.1) is 34.4 Å². The van der Waals surface area contributed by atoms with Crippen LogP contribution in [0.4, 0.5) is 0 Å². The van der Waals surface area contributed by atoms with Crippen LogP contribution in [0.1, 0.15) is 61.8 Å². The normalized spacial score (nSPS) is 23.0. The quantitative estimate of drug-likeness (QED) is 0.287. The molecule has 188 valence electrons. The Morgan fingerprint density at radius 3 is 2.45 bits per heavy atom. The molecule has 2 unspecified atom stereocenters. The summed E-state index contributed by atoms with van der Waals surface area (Å²) in [4.78, 5) is 0. The van der Waals surface area contributed by atoms with Gasteiger partial charge in [0.2, 0.25) is 0 Å². The Labute approximate surface area is 202 Å². The lowest BCUT2D eigenvalue weighted by Gasteiger charge is -2.32. The van der Waals surface area contributed by atoms with Gasteiger partial charge in [0, 0.05) is 12.0 Å². The molecule has 2 aliphatic rings. The van der Waals surface area contributed by atoms with E-state index in [1.165, 1.54) is 11.3 Å². The number of fused-ring (bicyclic) bond motifs is 1. The monoisotopic (exact) mass is 504 g/mol. The van der Waals surface area contributed by atoms with Crippen molar-refractivity contribution in [3.63, 3.8) is 0 Å². The summed E-state index contributed by atoms with van der Waals surface area (Å²) in [5.74, 6) is 1.31. The molecule has 0 bridgehead atoms. The molecule has 1 fully saturated rings. The highest BCUT2D eigenvalue weighted by Crippen LogP contribution is 2.41. The molecule has 8 nitrogen and oxygen atoms in total. The minimum atomic E-state index is -3.63. The third-order valence-electron chi connectivity index (χ3n) is 6.04. The minimum absolute atomic E-state index is 0.155. The summed E-state index contributed by atoms with van der Waals surface area (Å²) in [6, 6.07) is 0. The van der Waals surface area contributed by atoms with E-state index in [-0.39, 0.29) is 31.3 Å². The Bertz CT molecular complexity index is 903. The lowest BCUT2D eigenvalue weighted by Crippen LogP contribution is -2.41. The van der Waals surface area contributed by atoms with Crippen LogP contribution in [-0.2, 0) is 28.3 Å². The van der Waals surface area contributed by atoms with Gasteiger partial charge < -0.3 is 23.5 Å². The van der Waals surface area contributed by atoms with E-state index in [1.807, 2.05) is 53.8 Å². The zero-order valence-electron chi connectivity index (χ0n) is 20.9. The summed E-state index contributed by atoms with van der Waals surface area (Å²) in [5.41, 5.74) is -1.11. The van der Waals surface area contributed by atoms with Crippen LogP contribution < -0.4 is 14.3 Å². The zero-order valence-corrected chi connectivity index (χ0v) is 22.6. The van der Waals surface area contributed by atoms with Crippen molar-refractivity contribution in [2.45, 2.75) is 84.4 Å². The summed E-state index contributed by atoms with van der Waals surface area (Å²) in [5, 5.41) is 1.25. The lowest BCUT2D eigenvalue weighted by atomic mass is 9.87. The number of ether oxygens (including phenoxy) is 3. The maximum atomic E-state index is 12.3. The van der Waals surface area contributed by atoms with Gasteiger partial charge in [-0.15, -0.1) is 11.3 Å². The van der Waals surface area contributed by atoms with Gasteiger partial charge in [0.25, 0.3) is 10.1 Å². The Balaban J connectivity index is 1.49. The van der Waals surface area contributed by atoms with Crippen LogP contribution >= 0.6 is 11.3 Å². The number of hydrogen-bond donors (Lipinski definition) is 0. The van der Waals surface area contributed by atoms with Crippen LogP contribution in [-0.4, -0.2) is 64.5 Å². The maximum Gasteiger partial charge on any atom is 0.509 e. The summed E-state index contributed by atoms with van der Waals surface area (Å²) < 4.78 is 60.6. The molecule has 11 heteroatoms. The van der Waals surface area contributed by atoms with E-state index < -0.39 is 33.7 Å². The third-order valence-corrected chi connectivity index (χ3v) is 8.67. The Morgan fingerprint density at radius 2 is 1.85 bits per heavy atom. The molecule has 3 heterocycles. The van der Waals surface area contributed by atoms with Crippen molar-refractivity contribution < 1.29 is 36.1 Å². The number of rotatable bonds is 9. The van der Waals surface area contributed by atoms with Gasteiger partial charge in [-0.3, -0.25) is 4.18 Å². The van der Waals surface area contributed by atoms with Crippen LogP contribution in [0.2, 0.25) is 0 Å². The molecule has 3 rings (SSSR count). The second-order valence-corrected chi connectivity index (χ2v) is 13.9. The maximum absolute atomic E-state index is 12.3. The highest BCUT2D eigenvalue weighted by atomic mass is 32.2. The topological polar surface area (TPSA) is 89.5 Å². The van der Waals surface area contributed by atoms with E-state index in [2.05, 4.69) is 0 Å². The first-order valence-electron chi connectivity index (χ1n) is 11.3. The fourth-order valence-corrected chi connectivity index (χ4v) is 5.13. The molecule has 0 radical (unpaired) electrons. The number of hydrogen-bond acceptors (Lipinski definition) is 9. The van der Waals surface area contributed by atoms with Crippen LogP contribution in [0, 0.1) is 5.41 Å². The third kappa shape index (κ3) is 6.43. The summed E-state index contributed by atoms with van der Waals surface area (Å²) in [7, 11) is -4.15. The van der Waals surface area contributed by atoms with E-state index >= 15 is 0 Å². The van der Waals surface area contributed by atoms with Crippen molar-refractivity contribution >= 4 is 33.3 Å². The van der Waals surface area contributed by atoms with Gasteiger partial charge in [-0.25, -0.2) is 0 Å². The average Bonchev–Trinajstić information content (AvgIpc) is 3.20. The first kappa shape index (κ1) is 26.8. The molecule has 1 aromatic rings. The van der Waals surface area contributed by atoms with Crippen LogP contribution in [0.3, 0.4) is 0 Å².